The average Bonchev–Trinajstić information content (AvgIpc) is 2.59. The molecule has 0 aliphatic heterocycles. The van der Waals surface area contributed by atoms with Crippen LogP contribution in [0.1, 0.15) is 49.7 Å². The first-order chi connectivity index (χ1) is 13.3. The van der Waals surface area contributed by atoms with Gasteiger partial charge in [-0.25, -0.2) is 9.59 Å². The van der Waals surface area contributed by atoms with Gasteiger partial charge in [-0.3, -0.25) is 5.41 Å². The van der Waals surface area contributed by atoms with Crippen LogP contribution in [0.2, 0.25) is 0 Å². The predicted octanol–water partition coefficient (Wildman–Crippen LogP) is 3.08. The first kappa shape index (κ1) is 21.4. The van der Waals surface area contributed by atoms with Gasteiger partial charge in [-0.05, 0) is 67.9 Å². The van der Waals surface area contributed by atoms with E-state index in [-0.39, 0.29) is 24.7 Å². The average molecular weight is 422 g/mol. The molecule has 1 aromatic carbocycles. The Kier molecular flexibility index (Phi) is 6.08. The van der Waals surface area contributed by atoms with Crippen molar-refractivity contribution in [3.8, 4) is 0 Å². The minimum Gasteiger partial charge on any atom is -0.480 e. The van der Waals surface area contributed by atoms with Crippen LogP contribution in [0.4, 0.5) is 4.79 Å². The molecule has 7 nitrogen and oxygen atoms in total. The van der Waals surface area contributed by atoms with E-state index in [0.717, 1.165) is 19.3 Å². The third-order valence-corrected chi connectivity index (χ3v) is 6.56. The van der Waals surface area contributed by atoms with Crippen molar-refractivity contribution >= 4 is 30.3 Å². The van der Waals surface area contributed by atoms with Crippen molar-refractivity contribution in [3.05, 3.63) is 35.4 Å². The molecule has 4 bridgehead atoms. The van der Waals surface area contributed by atoms with Crippen LogP contribution in [-0.2, 0) is 16.0 Å². The summed E-state index contributed by atoms with van der Waals surface area (Å²) in [5.41, 5.74) is 6.31. The van der Waals surface area contributed by atoms with Gasteiger partial charge in [0, 0.05) is 12.0 Å². The van der Waals surface area contributed by atoms with Gasteiger partial charge in [0.05, 0.1) is 0 Å². The molecule has 1 atom stereocenters. The summed E-state index contributed by atoms with van der Waals surface area (Å²) in [6, 6.07) is 5.75. The summed E-state index contributed by atoms with van der Waals surface area (Å²) in [6.07, 6.45) is 5.92. The third kappa shape index (κ3) is 4.66. The van der Waals surface area contributed by atoms with Gasteiger partial charge >= 0.3 is 12.1 Å². The van der Waals surface area contributed by atoms with E-state index in [2.05, 4.69) is 5.32 Å². The van der Waals surface area contributed by atoms with Gasteiger partial charge in [-0.15, -0.1) is 12.4 Å². The van der Waals surface area contributed by atoms with Crippen molar-refractivity contribution in [1.29, 1.82) is 5.41 Å². The SMILES string of the molecule is Cl.N=C(N)c1cccc(CC(NC(=O)OC23CC4CC(CC(C4)C2)C3)C(=O)O)c1. The molecule has 0 aromatic heterocycles. The molecule has 1 aromatic rings. The minimum atomic E-state index is -1.12. The Labute approximate surface area is 176 Å². The number of halogens is 1. The topological polar surface area (TPSA) is 126 Å². The zero-order valence-corrected chi connectivity index (χ0v) is 17.0. The van der Waals surface area contributed by atoms with Crippen molar-refractivity contribution in [3.63, 3.8) is 0 Å². The number of ether oxygens (including phenoxy) is 1. The van der Waals surface area contributed by atoms with Crippen molar-refractivity contribution in [1.82, 2.24) is 5.32 Å². The highest BCUT2D eigenvalue weighted by Gasteiger charge is 2.53. The molecular formula is C21H28ClN3O4. The maximum Gasteiger partial charge on any atom is 0.408 e. The fourth-order valence-corrected chi connectivity index (χ4v) is 5.83. The largest absolute Gasteiger partial charge is 0.480 e. The lowest BCUT2D eigenvalue weighted by molar-refractivity contribution is -0.141. The molecule has 29 heavy (non-hydrogen) atoms. The van der Waals surface area contributed by atoms with Crippen LogP contribution in [0.3, 0.4) is 0 Å². The lowest BCUT2D eigenvalue weighted by Gasteiger charge is -2.55. The summed E-state index contributed by atoms with van der Waals surface area (Å²) in [7, 11) is 0. The summed E-state index contributed by atoms with van der Waals surface area (Å²) in [5, 5.41) is 19.6. The van der Waals surface area contributed by atoms with Gasteiger partial charge < -0.3 is 20.9 Å². The van der Waals surface area contributed by atoms with Crippen LogP contribution in [0, 0.1) is 23.2 Å². The first-order valence-corrected chi connectivity index (χ1v) is 9.97. The second-order valence-electron chi connectivity index (χ2n) is 8.84. The maximum atomic E-state index is 12.6. The number of hydrogen-bond acceptors (Lipinski definition) is 4. The lowest BCUT2D eigenvalue weighted by atomic mass is 9.54. The fourth-order valence-electron chi connectivity index (χ4n) is 5.83. The summed E-state index contributed by atoms with van der Waals surface area (Å²) < 4.78 is 5.86. The molecule has 0 heterocycles. The molecule has 4 aliphatic carbocycles. The number of benzene rings is 1. The number of nitrogens with one attached hydrogen (secondary N) is 2. The van der Waals surface area contributed by atoms with E-state index in [0.29, 0.717) is 28.9 Å². The van der Waals surface area contributed by atoms with Crippen LogP contribution < -0.4 is 11.1 Å². The number of carboxylic acid groups (broad SMARTS) is 1. The molecule has 4 fully saturated rings. The van der Waals surface area contributed by atoms with Crippen molar-refractivity contribution in [2.45, 2.75) is 56.6 Å². The monoisotopic (exact) mass is 421 g/mol. The van der Waals surface area contributed by atoms with Gasteiger partial charge in [0.2, 0.25) is 0 Å². The van der Waals surface area contributed by atoms with Crippen LogP contribution in [0.15, 0.2) is 24.3 Å². The Hall–Kier alpha value is -2.28. The summed E-state index contributed by atoms with van der Waals surface area (Å²) in [6.45, 7) is 0. The highest BCUT2D eigenvalue weighted by atomic mass is 35.5. The van der Waals surface area contributed by atoms with Crippen molar-refractivity contribution in [2.24, 2.45) is 23.5 Å². The lowest BCUT2D eigenvalue weighted by Crippen LogP contribution is -2.55. The second kappa shape index (κ2) is 8.22. The molecule has 5 N–H and O–H groups in total. The zero-order chi connectivity index (χ0) is 19.9. The minimum absolute atomic E-state index is 0. The number of amidine groups is 1. The number of carbonyl (C=O) groups is 2. The Bertz CT molecular complexity index is 778. The van der Waals surface area contributed by atoms with E-state index < -0.39 is 23.7 Å². The van der Waals surface area contributed by atoms with Gasteiger partial charge in [0.1, 0.15) is 17.5 Å². The standard InChI is InChI=1S/C21H27N3O4.ClH/c22-18(23)16-3-1-2-12(7-16)8-17(19(25)26)24-20(27)28-21-9-13-4-14(10-21)6-15(5-13)11-21;/h1-3,7,13-15,17H,4-6,8-11H2,(H3,22,23)(H,24,27)(H,25,26);1H. The smallest absolute Gasteiger partial charge is 0.408 e. The predicted molar refractivity (Wildman–Crippen MR) is 110 cm³/mol. The number of amides is 1. The highest BCUT2D eigenvalue weighted by Crippen LogP contribution is 2.57. The number of nitrogen functional groups attached to an aromatic ring is 1. The number of rotatable bonds is 6. The second-order valence-corrected chi connectivity index (χ2v) is 8.84. The quantitative estimate of drug-likeness (QED) is 0.415. The molecular weight excluding hydrogens is 394 g/mol. The Balaban J connectivity index is 0.00000240. The highest BCUT2D eigenvalue weighted by molar-refractivity contribution is 5.95. The molecule has 4 saturated carbocycles. The first-order valence-electron chi connectivity index (χ1n) is 9.97. The summed E-state index contributed by atoms with van der Waals surface area (Å²) in [5.74, 6) is 0.731. The van der Waals surface area contributed by atoms with E-state index in [1.54, 1.807) is 24.3 Å². The van der Waals surface area contributed by atoms with Crippen LogP contribution in [0.5, 0.6) is 0 Å². The van der Waals surface area contributed by atoms with E-state index >= 15 is 0 Å². The zero-order valence-electron chi connectivity index (χ0n) is 16.2. The van der Waals surface area contributed by atoms with E-state index in [1.165, 1.54) is 19.3 Å². The van der Waals surface area contributed by atoms with Gasteiger partial charge in [-0.2, -0.15) is 0 Å². The maximum absolute atomic E-state index is 12.6. The molecule has 0 spiro atoms. The fraction of sp³-hybridized carbons (Fsp3) is 0.571. The van der Waals surface area contributed by atoms with Crippen LogP contribution >= 0.6 is 12.4 Å². The normalized spacial score (nSPS) is 30.1. The van der Waals surface area contributed by atoms with E-state index in [4.69, 9.17) is 15.9 Å². The van der Waals surface area contributed by atoms with Gasteiger partial charge in [0.25, 0.3) is 0 Å². The van der Waals surface area contributed by atoms with Crippen molar-refractivity contribution in [2.75, 3.05) is 0 Å². The number of nitrogens with two attached hydrogens (primary N) is 1. The van der Waals surface area contributed by atoms with Crippen LogP contribution in [0.25, 0.3) is 0 Å². The van der Waals surface area contributed by atoms with Gasteiger partial charge in [0.15, 0.2) is 0 Å². The molecule has 158 valence electrons. The molecule has 0 saturated heterocycles. The molecule has 4 aliphatic rings. The third-order valence-electron chi connectivity index (χ3n) is 6.56. The van der Waals surface area contributed by atoms with Crippen LogP contribution in [-0.4, -0.2) is 34.6 Å². The van der Waals surface area contributed by atoms with E-state index in [1.807, 2.05) is 0 Å². The number of alkyl carbamates (subject to hydrolysis) is 1. The summed E-state index contributed by atoms with van der Waals surface area (Å²) >= 11 is 0. The Morgan fingerprint density at radius 1 is 1.21 bits per heavy atom. The molecule has 0 radical (unpaired) electrons. The number of carbonyl (C=O) groups excluding carboxylic acids is 1. The van der Waals surface area contributed by atoms with Gasteiger partial charge in [-0.1, -0.05) is 18.2 Å². The Morgan fingerprint density at radius 3 is 2.31 bits per heavy atom. The molecule has 1 unspecified atom stereocenters. The summed E-state index contributed by atoms with van der Waals surface area (Å²) in [4.78, 5) is 24.2. The number of hydrogen-bond donors (Lipinski definition) is 4. The molecule has 5 rings (SSSR count). The molecule has 1 amide bonds. The molecule has 8 heteroatoms. The number of carboxylic acids is 1. The number of aliphatic carboxylic acids is 1. The van der Waals surface area contributed by atoms with Crippen molar-refractivity contribution < 1.29 is 19.4 Å². The Morgan fingerprint density at radius 2 is 1.79 bits per heavy atom. The van der Waals surface area contributed by atoms with E-state index in [9.17, 15) is 14.7 Å².